The normalized spacial score (nSPS) is 12.4. The zero-order valence-electron chi connectivity index (χ0n) is 11.2. The summed E-state index contributed by atoms with van der Waals surface area (Å²) in [6.07, 6.45) is 1.28. The van der Waals surface area contributed by atoms with Crippen LogP contribution in [-0.4, -0.2) is 28.8 Å². The fraction of sp³-hybridized carbons (Fsp3) is 0.357. The molecule has 0 aliphatic carbocycles. The second-order valence-corrected chi connectivity index (χ2v) is 4.50. The van der Waals surface area contributed by atoms with E-state index >= 15 is 0 Å². The van der Waals surface area contributed by atoms with E-state index in [4.69, 9.17) is 0 Å². The Bertz CT molecular complexity index is 577. The second-order valence-electron chi connectivity index (χ2n) is 4.50. The van der Waals surface area contributed by atoms with Crippen LogP contribution in [-0.2, 0) is 7.05 Å². The fourth-order valence-electron chi connectivity index (χ4n) is 2.04. The molecule has 0 aliphatic heterocycles. The monoisotopic (exact) mass is 261 g/mol. The van der Waals surface area contributed by atoms with Crippen LogP contribution in [0.1, 0.15) is 18.6 Å². The number of urea groups is 1. The topological polar surface area (TPSA) is 66.3 Å². The number of aryl methyl sites for hydroxylation is 1. The van der Waals surface area contributed by atoms with E-state index in [0.717, 1.165) is 16.5 Å². The number of nitrogens with one attached hydrogen (secondary N) is 2. The molecular formula is C14H19N3O2. The van der Waals surface area contributed by atoms with E-state index < -0.39 is 6.10 Å². The summed E-state index contributed by atoms with van der Waals surface area (Å²) in [5, 5.41) is 16.4. The molecule has 0 radical (unpaired) electrons. The molecule has 102 valence electrons. The number of nitrogens with zero attached hydrogens (tertiary/aromatic N) is 1. The molecular weight excluding hydrogens is 242 g/mol. The molecule has 2 amide bonds. The minimum absolute atomic E-state index is 0.199. The van der Waals surface area contributed by atoms with E-state index in [1.807, 2.05) is 49.0 Å². The van der Waals surface area contributed by atoms with Gasteiger partial charge in [-0.25, -0.2) is 4.79 Å². The number of fused-ring (bicyclic) bond motifs is 1. The minimum Gasteiger partial charge on any atom is -0.387 e. The molecule has 2 aromatic rings. The molecule has 0 bridgehead atoms. The van der Waals surface area contributed by atoms with Crippen molar-refractivity contribution in [2.75, 3.05) is 13.1 Å². The highest BCUT2D eigenvalue weighted by Gasteiger charge is 2.10. The van der Waals surface area contributed by atoms with Crippen molar-refractivity contribution in [1.29, 1.82) is 0 Å². The molecule has 0 spiro atoms. The number of rotatable bonds is 4. The predicted molar refractivity (Wildman–Crippen MR) is 75.0 cm³/mol. The third kappa shape index (κ3) is 3.06. The number of aliphatic hydroxyl groups is 1. The van der Waals surface area contributed by atoms with Crippen LogP contribution in [0.3, 0.4) is 0 Å². The molecule has 19 heavy (non-hydrogen) atoms. The van der Waals surface area contributed by atoms with Gasteiger partial charge >= 0.3 is 6.03 Å². The Kier molecular flexibility index (Phi) is 4.06. The van der Waals surface area contributed by atoms with Crippen molar-refractivity contribution in [3.05, 3.63) is 36.0 Å². The molecule has 1 aromatic carbocycles. The summed E-state index contributed by atoms with van der Waals surface area (Å²) >= 11 is 0. The van der Waals surface area contributed by atoms with E-state index in [0.29, 0.717) is 6.54 Å². The number of carbonyl (C=O) groups excluding carboxylic acids is 1. The third-order valence-electron chi connectivity index (χ3n) is 3.09. The first-order chi connectivity index (χ1) is 9.11. The molecule has 5 heteroatoms. The van der Waals surface area contributed by atoms with Crippen LogP contribution in [0.2, 0.25) is 0 Å². The van der Waals surface area contributed by atoms with Crippen molar-refractivity contribution < 1.29 is 9.90 Å². The van der Waals surface area contributed by atoms with Crippen molar-refractivity contribution in [2.45, 2.75) is 13.0 Å². The zero-order valence-corrected chi connectivity index (χ0v) is 11.2. The maximum Gasteiger partial charge on any atom is 0.314 e. The van der Waals surface area contributed by atoms with Crippen LogP contribution in [0.15, 0.2) is 30.5 Å². The zero-order chi connectivity index (χ0) is 13.8. The van der Waals surface area contributed by atoms with E-state index in [2.05, 4.69) is 10.6 Å². The highest BCUT2D eigenvalue weighted by atomic mass is 16.3. The summed E-state index contributed by atoms with van der Waals surface area (Å²) in [5.41, 5.74) is 1.92. The smallest absolute Gasteiger partial charge is 0.314 e. The Morgan fingerprint density at radius 3 is 2.89 bits per heavy atom. The second kappa shape index (κ2) is 5.75. The highest BCUT2D eigenvalue weighted by Crippen LogP contribution is 2.20. The number of benzene rings is 1. The average Bonchev–Trinajstić information content (AvgIpc) is 2.77. The van der Waals surface area contributed by atoms with Gasteiger partial charge < -0.3 is 20.3 Å². The van der Waals surface area contributed by atoms with Gasteiger partial charge in [0.2, 0.25) is 0 Å². The first kappa shape index (κ1) is 13.4. The number of hydrogen-bond acceptors (Lipinski definition) is 2. The van der Waals surface area contributed by atoms with E-state index in [1.54, 1.807) is 0 Å². The van der Waals surface area contributed by atoms with Gasteiger partial charge in [0.15, 0.2) is 0 Å². The Hall–Kier alpha value is -2.01. The van der Waals surface area contributed by atoms with Crippen LogP contribution in [0.5, 0.6) is 0 Å². The highest BCUT2D eigenvalue weighted by molar-refractivity contribution is 5.81. The van der Waals surface area contributed by atoms with E-state index in [9.17, 15) is 9.90 Å². The van der Waals surface area contributed by atoms with Crippen LogP contribution < -0.4 is 10.6 Å². The summed E-state index contributed by atoms with van der Waals surface area (Å²) in [6, 6.07) is 7.54. The van der Waals surface area contributed by atoms with Crippen LogP contribution in [0.25, 0.3) is 10.9 Å². The van der Waals surface area contributed by atoms with Gasteiger partial charge in [0, 0.05) is 31.9 Å². The molecule has 1 heterocycles. The Morgan fingerprint density at radius 2 is 2.16 bits per heavy atom. The Morgan fingerprint density at radius 1 is 1.37 bits per heavy atom. The molecule has 0 saturated carbocycles. The predicted octanol–water partition coefficient (Wildman–Crippen LogP) is 1.53. The third-order valence-corrected chi connectivity index (χ3v) is 3.09. The number of amides is 2. The standard InChI is InChI=1S/C14H19N3O2/c1-3-15-14(19)16-9-13(18)11-4-5-12-10(8-11)6-7-17(12)2/h4-8,13,18H,3,9H2,1-2H3,(H2,15,16,19). The van der Waals surface area contributed by atoms with Crippen molar-refractivity contribution in [1.82, 2.24) is 15.2 Å². The number of carbonyl (C=O) groups is 1. The van der Waals surface area contributed by atoms with Crippen molar-refractivity contribution >= 4 is 16.9 Å². The molecule has 2 rings (SSSR count). The number of hydrogen-bond donors (Lipinski definition) is 3. The quantitative estimate of drug-likeness (QED) is 0.781. The van der Waals surface area contributed by atoms with Gasteiger partial charge in [-0.1, -0.05) is 6.07 Å². The summed E-state index contributed by atoms with van der Waals surface area (Å²) < 4.78 is 2.03. The summed E-state index contributed by atoms with van der Waals surface area (Å²) in [7, 11) is 1.98. The molecule has 1 atom stereocenters. The lowest BCUT2D eigenvalue weighted by atomic mass is 10.1. The molecule has 0 saturated heterocycles. The van der Waals surface area contributed by atoms with Gasteiger partial charge in [0.05, 0.1) is 6.10 Å². The Labute approximate surface area is 112 Å². The van der Waals surface area contributed by atoms with Crippen LogP contribution >= 0.6 is 0 Å². The fourth-order valence-corrected chi connectivity index (χ4v) is 2.04. The maximum atomic E-state index is 11.3. The SMILES string of the molecule is CCNC(=O)NCC(O)c1ccc2c(ccn2C)c1. The first-order valence-corrected chi connectivity index (χ1v) is 6.36. The Balaban J connectivity index is 2.04. The van der Waals surface area contributed by atoms with Gasteiger partial charge in [-0.15, -0.1) is 0 Å². The summed E-state index contributed by atoms with van der Waals surface area (Å²) in [4.78, 5) is 11.3. The summed E-state index contributed by atoms with van der Waals surface area (Å²) in [5.74, 6) is 0. The number of aromatic nitrogens is 1. The van der Waals surface area contributed by atoms with Gasteiger partial charge in [0.25, 0.3) is 0 Å². The van der Waals surface area contributed by atoms with E-state index in [-0.39, 0.29) is 12.6 Å². The number of aliphatic hydroxyl groups excluding tert-OH is 1. The van der Waals surface area contributed by atoms with Gasteiger partial charge in [-0.05, 0) is 36.1 Å². The van der Waals surface area contributed by atoms with Gasteiger partial charge in [-0.2, -0.15) is 0 Å². The molecule has 0 aliphatic rings. The van der Waals surface area contributed by atoms with Crippen molar-refractivity contribution in [3.8, 4) is 0 Å². The molecule has 1 unspecified atom stereocenters. The van der Waals surface area contributed by atoms with Crippen molar-refractivity contribution in [2.24, 2.45) is 7.05 Å². The summed E-state index contributed by atoms with van der Waals surface area (Å²) in [6.45, 7) is 2.61. The molecule has 5 nitrogen and oxygen atoms in total. The lowest BCUT2D eigenvalue weighted by Gasteiger charge is -2.13. The largest absolute Gasteiger partial charge is 0.387 e. The lowest BCUT2D eigenvalue weighted by Crippen LogP contribution is -2.37. The van der Waals surface area contributed by atoms with Gasteiger partial charge in [0.1, 0.15) is 0 Å². The minimum atomic E-state index is -0.702. The first-order valence-electron chi connectivity index (χ1n) is 6.36. The molecule has 0 fully saturated rings. The van der Waals surface area contributed by atoms with Crippen LogP contribution in [0, 0.1) is 0 Å². The average molecular weight is 261 g/mol. The molecule has 1 aromatic heterocycles. The van der Waals surface area contributed by atoms with E-state index in [1.165, 1.54) is 0 Å². The van der Waals surface area contributed by atoms with Gasteiger partial charge in [-0.3, -0.25) is 0 Å². The molecule has 3 N–H and O–H groups in total. The van der Waals surface area contributed by atoms with Crippen LogP contribution in [0.4, 0.5) is 4.79 Å². The lowest BCUT2D eigenvalue weighted by molar-refractivity contribution is 0.173. The maximum absolute atomic E-state index is 11.3. The van der Waals surface area contributed by atoms with Crippen molar-refractivity contribution in [3.63, 3.8) is 0 Å².